The SMILES string of the molecule is CN1CCC(CCN=O)CC1. The van der Waals surface area contributed by atoms with Crippen molar-refractivity contribution in [2.24, 2.45) is 11.1 Å². The normalized spacial score (nSPS) is 21.9. The molecule has 0 spiro atoms. The molecule has 0 aromatic heterocycles. The van der Waals surface area contributed by atoms with Crippen molar-refractivity contribution in [3.8, 4) is 0 Å². The van der Waals surface area contributed by atoms with Crippen molar-refractivity contribution in [3.63, 3.8) is 0 Å². The van der Waals surface area contributed by atoms with Crippen molar-refractivity contribution in [3.05, 3.63) is 4.91 Å². The largest absolute Gasteiger partial charge is 0.306 e. The predicted molar refractivity (Wildman–Crippen MR) is 45.5 cm³/mol. The Labute approximate surface area is 67.7 Å². The first kappa shape index (κ1) is 8.65. The van der Waals surface area contributed by atoms with Crippen LogP contribution in [0.5, 0.6) is 0 Å². The highest BCUT2D eigenvalue weighted by Gasteiger charge is 2.15. The van der Waals surface area contributed by atoms with Crippen LogP contribution in [0, 0.1) is 10.8 Å². The minimum absolute atomic E-state index is 0.508. The van der Waals surface area contributed by atoms with Gasteiger partial charge >= 0.3 is 0 Å². The molecule has 1 aliphatic heterocycles. The van der Waals surface area contributed by atoms with E-state index in [4.69, 9.17) is 0 Å². The number of hydrogen-bond acceptors (Lipinski definition) is 3. The monoisotopic (exact) mass is 156 g/mol. The van der Waals surface area contributed by atoms with Gasteiger partial charge in [0.05, 0.1) is 6.54 Å². The molecule has 11 heavy (non-hydrogen) atoms. The van der Waals surface area contributed by atoms with E-state index in [2.05, 4.69) is 17.1 Å². The quantitative estimate of drug-likeness (QED) is 0.580. The van der Waals surface area contributed by atoms with Gasteiger partial charge in [-0.2, -0.15) is 4.91 Å². The molecule has 0 saturated carbocycles. The molecule has 0 atom stereocenters. The van der Waals surface area contributed by atoms with Gasteiger partial charge < -0.3 is 4.90 Å². The zero-order chi connectivity index (χ0) is 8.10. The molecule has 0 radical (unpaired) electrons. The molecule has 1 aliphatic rings. The lowest BCUT2D eigenvalue weighted by Gasteiger charge is -2.28. The van der Waals surface area contributed by atoms with Crippen LogP contribution in [0.3, 0.4) is 0 Å². The Kier molecular flexibility index (Phi) is 3.49. The Balaban J connectivity index is 2.12. The third-order valence-corrected chi connectivity index (χ3v) is 2.47. The Morgan fingerprint density at radius 1 is 1.45 bits per heavy atom. The van der Waals surface area contributed by atoms with Crippen LogP contribution >= 0.6 is 0 Å². The van der Waals surface area contributed by atoms with Crippen LogP contribution < -0.4 is 0 Å². The zero-order valence-electron chi connectivity index (χ0n) is 7.12. The molecule has 3 nitrogen and oxygen atoms in total. The molecule has 0 amide bonds. The lowest BCUT2D eigenvalue weighted by molar-refractivity contribution is 0.214. The van der Waals surface area contributed by atoms with Gasteiger partial charge in [0, 0.05) is 0 Å². The summed E-state index contributed by atoms with van der Waals surface area (Å²) >= 11 is 0. The van der Waals surface area contributed by atoms with E-state index >= 15 is 0 Å². The fourth-order valence-corrected chi connectivity index (χ4v) is 1.59. The molecule has 0 unspecified atom stereocenters. The number of hydrogen-bond donors (Lipinski definition) is 0. The molecule has 64 valence electrons. The van der Waals surface area contributed by atoms with Crippen LogP contribution in [0.25, 0.3) is 0 Å². The zero-order valence-corrected chi connectivity index (χ0v) is 7.12. The minimum Gasteiger partial charge on any atom is -0.306 e. The van der Waals surface area contributed by atoms with Crippen LogP contribution in [-0.2, 0) is 0 Å². The third kappa shape index (κ3) is 2.97. The lowest BCUT2D eigenvalue weighted by Crippen LogP contribution is -2.30. The van der Waals surface area contributed by atoms with Crippen LogP contribution in [0.2, 0.25) is 0 Å². The summed E-state index contributed by atoms with van der Waals surface area (Å²) in [7, 11) is 2.15. The van der Waals surface area contributed by atoms with Crippen molar-refractivity contribution in [2.45, 2.75) is 19.3 Å². The van der Waals surface area contributed by atoms with Crippen molar-refractivity contribution in [1.82, 2.24) is 4.90 Å². The summed E-state index contributed by atoms with van der Waals surface area (Å²) in [6, 6.07) is 0. The highest BCUT2D eigenvalue weighted by atomic mass is 16.3. The van der Waals surface area contributed by atoms with E-state index in [-0.39, 0.29) is 0 Å². The maximum absolute atomic E-state index is 9.85. The van der Waals surface area contributed by atoms with Gasteiger partial charge in [0.1, 0.15) is 0 Å². The van der Waals surface area contributed by atoms with Gasteiger partial charge in [-0.3, -0.25) is 0 Å². The summed E-state index contributed by atoms with van der Waals surface area (Å²) in [5.41, 5.74) is 0. The summed E-state index contributed by atoms with van der Waals surface area (Å²) in [5.74, 6) is 0.754. The number of nitroso groups, excluding NO2 is 1. The van der Waals surface area contributed by atoms with E-state index in [9.17, 15) is 4.91 Å². The smallest absolute Gasteiger partial charge is 0.0813 e. The molecule has 3 heteroatoms. The Morgan fingerprint density at radius 2 is 2.09 bits per heavy atom. The average Bonchev–Trinajstić information content (AvgIpc) is 2.04. The molecule has 0 bridgehead atoms. The second-order valence-corrected chi connectivity index (χ2v) is 3.39. The van der Waals surface area contributed by atoms with Gasteiger partial charge in [-0.25, -0.2) is 0 Å². The molecular weight excluding hydrogens is 140 g/mol. The second kappa shape index (κ2) is 4.44. The lowest BCUT2D eigenvalue weighted by atomic mass is 9.94. The maximum atomic E-state index is 9.85. The van der Waals surface area contributed by atoms with Crippen molar-refractivity contribution in [1.29, 1.82) is 0 Å². The summed E-state index contributed by atoms with van der Waals surface area (Å²) in [6.07, 6.45) is 3.48. The van der Waals surface area contributed by atoms with Gasteiger partial charge in [-0.15, -0.1) is 0 Å². The molecule has 1 heterocycles. The Morgan fingerprint density at radius 3 is 2.64 bits per heavy atom. The van der Waals surface area contributed by atoms with E-state index < -0.39 is 0 Å². The molecular formula is C8H16N2O. The first-order valence-electron chi connectivity index (χ1n) is 4.30. The first-order valence-corrected chi connectivity index (χ1v) is 4.30. The van der Waals surface area contributed by atoms with Crippen molar-refractivity contribution >= 4 is 0 Å². The highest BCUT2D eigenvalue weighted by Crippen LogP contribution is 2.18. The molecule has 0 aromatic rings. The number of piperidine rings is 1. The molecule has 1 rings (SSSR count). The average molecular weight is 156 g/mol. The Bertz CT molecular complexity index is 119. The van der Waals surface area contributed by atoms with Gasteiger partial charge in [-0.1, -0.05) is 5.18 Å². The number of rotatable bonds is 3. The summed E-state index contributed by atoms with van der Waals surface area (Å²) in [5, 5.41) is 2.89. The Hall–Kier alpha value is -0.440. The molecule has 0 N–H and O–H groups in total. The van der Waals surface area contributed by atoms with E-state index in [1.165, 1.54) is 25.9 Å². The minimum atomic E-state index is 0.508. The number of nitrogens with zero attached hydrogens (tertiary/aromatic N) is 2. The number of likely N-dealkylation sites (tertiary alicyclic amines) is 1. The van der Waals surface area contributed by atoms with Gasteiger partial charge in [0.25, 0.3) is 0 Å². The van der Waals surface area contributed by atoms with Crippen LogP contribution in [0.4, 0.5) is 0 Å². The highest BCUT2D eigenvalue weighted by molar-refractivity contribution is 4.70. The van der Waals surface area contributed by atoms with Gasteiger partial charge in [-0.05, 0) is 45.3 Å². The van der Waals surface area contributed by atoms with Gasteiger partial charge in [0.15, 0.2) is 0 Å². The van der Waals surface area contributed by atoms with Gasteiger partial charge in [0.2, 0.25) is 0 Å². The van der Waals surface area contributed by atoms with E-state index in [1.54, 1.807) is 0 Å². The predicted octanol–water partition coefficient (Wildman–Crippen LogP) is 1.48. The molecule has 1 saturated heterocycles. The topological polar surface area (TPSA) is 32.7 Å². The maximum Gasteiger partial charge on any atom is 0.0813 e. The summed E-state index contributed by atoms with van der Waals surface area (Å²) in [4.78, 5) is 12.2. The summed E-state index contributed by atoms with van der Waals surface area (Å²) in [6.45, 7) is 2.88. The fraction of sp³-hybridized carbons (Fsp3) is 1.00. The van der Waals surface area contributed by atoms with E-state index in [0.29, 0.717) is 6.54 Å². The van der Waals surface area contributed by atoms with Crippen LogP contribution in [0.1, 0.15) is 19.3 Å². The summed E-state index contributed by atoms with van der Waals surface area (Å²) < 4.78 is 0. The van der Waals surface area contributed by atoms with E-state index in [0.717, 1.165) is 12.3 Å². The molecule has 1 fully saturated rings. The van der Waals surface area contributed by atoms with Crippen molar-refractivity contribution in [2.75, 3.05) is 26.7 Å². The van der Waals surface area contributed by atoms with Crippen LogP contribution in [0.15, 0.2) is 5.18 Å². The van der Waals surface area contributed by atoms with Crippen LogP contribution in [-0.4, -0.2) is 31.6 Å². The molecule has 0 aromatic carbocycles. The van der Waals surface area contributed by atoms with E-state index in [1.807, 2.05) is 0 Å². The standard InChI is InChI=1S/C8H16N2O/c1-10-6-3-8(4-7-10)2-5-9-11/h8H,2-7H2,1H3. The van der Waals surface area contributed by atoms with Crippen molar-refractivity contribution < 1.29 is 0 Å². The molecule has 0 aliphatic carbocycles. The fourth-order valence-electron chi connectivity index (χ4n) is 1.59. The third-order valence-electron chi connectivity index (χ3n) is 2.47. The second-order valence-electron chi connectivity index (χ2n) is 3.39. The first-order chi connectivity index (χ1) is 5.33.